The molecule has 0 aromatic heterocycles. The molecular formula is C27H42ClNO6. The van der Waals surface area contributed by atoms with E-state index < -0.39 is 35.5 Å². The second-order valence-electron chi connectivity index (χ2n) is 11.5. The Kier molecular flexibility index (Phi) is 8.27. The number of carbonyl (C=O) groups is 3. The van der Waals surface area contributed by atoms with E-state index in [0.29, 0.717) is 38.8 Å². The standard InChI is InChI=1S/C27H41NO6.ClH/c1-5-28(6-2)15-23(32)34-16-22(31)27(33)12-10-20-19-8-7-17-13-18(29)9-11-25(17,3)24(19)21(30)14-26(20,27)4;/h13,19-21,24,30,33H,5-12,14-16H2,1-4H3;1H/t19?,20?,21?,24?,25-,26-,27-;/m0./s1. The Bertz CT molecular complexity index is 887. The number of hydrogen-bond donors (Lipinski definition) is 2. The molecule has 0 saturated heterocycles. The van der Waals surface area contributed by atoms with Gasteiger partial charge < -0.3 is 14.9 Å². The molecule has 0 spiro atoms. The number of allylic oxidation sites excluding steroid dienone is 1. The third kappa shape index (κ3) is 4.51. The number of aliphatic hydroxyl groups is 2. The molecule has 0 heterocycles. The van der Waals surface area contributed by atoms with Crippen LogP contribution in [-0.4, -0.2) is 70.6 Å². The number of Topliss-reactive ketones (excluding diaryl/α,β-unsaturated/α-hetero) is 1. The van der Waals surface area contributed by atoms with Crippen molar-refractivity contribution in [2.45, 2.75) is 84.3 Å². The first kappa shape index (κ1) is 28.3. The fourth-order valence-corrected chi connectivity index (χ4v) is 8.09. The number of nitrogens with zero attached hydrogens (tertiary/aromatic N) is 1. The van der Waals surface area contributed by atoms with Crippen LogP contribution < -0.4 is 0 Å². The summed E-state index contributed by atoms with van der Waals surface area (Å²) in [5.41, 5.74) is -1.42. The van der Waals surface area contributed by atoms with Crippen LogP contribution in [0.15, 0.2) is 11.6 Å². The second kappa shape index (κ2) is 10.2. The van der Waals surface area contributed by atoms with Crippen molar-refractivity contribution in [3.8, 4) is 0 Å². The van der Waals surface area contributed by atoms with E-state index in [2.05, 4.69) is 6.92 Å². The largest absolute Gasteiger partial charge is 0.457 e. The van der Waals surface area contributed by atoms with Gasteiger partial charge in [-0.3, -0.25) is 19.3 Å². The minimum atomic E-state index is -1.61. The van der Waals surface area contributed by atoms with Gasteiger partial charge in [-0.05, 0) is 80.9 Å². The predicted molar refractivity (Wildman–Crippen MR) is 134 cm³/mol. The summed E-state index contributed by atoms with van der Waals surface area (Å²) >= 11 is 0. The second-order valence-corrected chi connectivity index (χ2v) is 11.5. The monoisotopic (exact) mass is 511 g/mol. The van der Waals surface area contributed by atoms with Gasteiger partial charge in [0.25, 0.3) is 0 Å². The molecule has 0 amide bonds. The van der Waals surface area contributed by atoms with Gasteiger partial charge in [-0.25, -0.2) is 0 Å². The highest BCUT2D eigenvalue weighted by Crippen LogP contribution is 2.67. The number of esters is 1. The van der Waals surface area contributed by atoms with Crippen LogP contribution in [0.5, 0.6) is 0 Å². The van der Waals surface area contributed by atoms with Gasteiger partial charge in [-0.15, -0.1) is 12.4 Å². The van der Waals surface area contributed by atoms with Gasteiger partial charge >= 0.3 is 5.97 Å². The van der Waals surface area contributed by atoms with Gasteiger partial charge in [0, 0.05) is 11.8 Å². The molecule has 35 heavy (non-hydrogen) atoms. The molecule has 4 aliphatic carbocycles. The first-order chi connectivity index (χ1) is 16.0. The van der Waals surface area contributed by atoms with E-state index in [-0.39, 0.29) is 47.9 Å². The molecule has 4 unspecified atom stereocenters. The zero-order valence-electron chi connectivity index (χ0n) is 21.5. The van der Waals surface area contributed by atoms with Crippen molar-refractivity contribution >= 4 is 29.9 Å². The van der Waals surface area contributed by atoms with Gasteiger partial charge in [0.1, 0.15) is 5.60 Å². The van der Waals surface area contributed by atoms with Crippen LogP contribution in [0, 0.1) is 28.6 Å². The zero-order chi connectivity index (χ0) is 24.9. The third-order valence-electron chi connectivity index (χ3n) is 10.1. The molecule has 4 aliphatic rings. The molecule has 8 heteroatoms. The Labute approximate surface area is 215 Å². The topological polar surface area (TPSA) is 104 Å². The number of ketones is 2. The Morgan fingerprint density at radius 1 is 1.14 bits per heavy atom. The van der Waals surface area contributed by atoms with Crippen molar-refractivity contribution in [1.29, 1.82) is 0 Å². The molecule has 2 N–H and O–H groups in total. The van der Waals surface area contributed by atoms with Gasteiger partial charge in [0.2, 0.25) is 5.78 Å². The van der Waals surface area contributed by atoms with E-state index in [1.165, 1.54) is 0 Å². The molecular weight excluding hydrogens is 470 g/mol. The summed E-state index contributed by atoms with van der Waals surface area (Å²) in [4.78, 5) is 39.5. The number of hydrogen-bond acceptors (Lipinski definition) is 7. The first-order valence-electron chi connectivity index (χ1n) is 13.1. The van der Waals surface area contributed by atoms with Gasteiger partial charge in [-0.2, -0.15) is 0 Å². The molecule has 3 saturated carbocycles. The molecule has 0 radical (unpaired) electrons. The van der Waals surface area contributed by atoms with Crippen LogP contribution in [0.25, 0.3) is 0 Å². The van der Waals surface area contributed by atoms with Gasteiger partial charge in [0.15, 0.2) is 12.4 Å². The van der Waals surface area contributed by atoms with E-state index in [1.54, 1.807) is 6.08 Å². The number of carbonyl (C=O) groups excluding carboxylic acids is 3. The lowest BCUT2D eigenvalue weighted by molar-refractivity contribution is -0.184. The van der Waals surface area contributed by atoms with Crippen LogP contribution >= 0.6 is 12.4 Å². The maximum absolute atomic E-state index is 13.3. The van der Waals surface area contributed by atoms with Crippen molar-refractivity contribution in [2.75, 3.05) is 26.2 Å². The molecule has 198 valence electrons. The molecule has 7 nitrogen and oxygen atoms in total. The molecule has 0 aliphatic heterocycles. The normalized spacial score (nSPS) is 40.2. The van der Waals surface area contributed by atoms with Crippen LogP contribution in [0.4, 0.5) is 0 Å². The smallest absolute Gasteiger partial charge is 0.320 e. The summed E-state index contributed by atoms with van der Waals surface area (Å²) in [5, 5.41) is 23.2. The molecule has 7 atom stereocenters. The summed E-state index contributed by atoms with van der Waals surface area (Å²) in [6, 6.07) is 0. The SMILES string of the molecule is CCN(CC)CC(=O)OCC(=O)[C@@]1(O)CCC2C3CCC4=CC(=O)CC[C@]4(C)C3C(O)C[C@@]21C.Cl. The number of ether oxygens (including phenoxy) is 1. The highest BCUT2D eigenvalue weighted by molar-refractivity contribution is 5.92. The molecule has 0 bridgehead atoms. The lowest BCUT2D eigenvalue weighted by Gasteiger charge is -2.60. The van der Waals surface area contributed by atoms with Crippen LogP contribution in [0.2, 0.25) is 0 Å². The summed E-state index contributed by atoms with van der Waals surface area (Å²) in [7, 11) is 0. The average molecular weight is 512 g/mol. The van der Waals surface area contributed by atoms with E-state index in [1.807, 2.05) is 25.7 Å². The highest BCUT2D eigenvalue weighted by Gasteiger charge is 2.68. The highest BCUT2D eigenvalue weighted by atomic mass is 35.5. The minimum Gasteiger partial charge on any atom is -0.457 e. The van der Waals surface area contributed by atoms with E-state index >= 15 is 0 Å². The van der Waals surface area contributed by atoms with Crippen molar-refractivity contribution in [2.24, 2.45) is 28.6 Å². The summed E-state index contributed by atoms with van der Waals surface area (Å²) < 4.78 is 5.28. The van der Waals surface area contributed by atoms with E-state index in [9.17, 15) is 24.6 Å². The fraction of sp³-hybridized carbons (Fsp3) is 0.815. The van der Waals surface area contributed by atoms with Crippen molar-refractivity contribution in [3.63, 3.8) is 0 Å². The summed E-state index contributed by atoms with van der Waals surface area (Å²) in [6.07, 6.45) is 5.49. The van der Waals surface area contributed by atoms with E-state index in [0.717, 1.165) is 24.8 Å². The van der Waals surface area contributed by atoms with Crippen molar-refractivity contribution < 1.29 is 29.3 Å². The van der Waals surface area contributed by atoms with Crippen LogP contribution in [0.1, 0.15) is 72.6 Å². The van der Waals surface area contributed by atoms with Crippen molar-refractivity contribution in [1.82, 2.24) is 4.90 Å². The first-order valence-corrected chi connectivity index (χ1v) is 13.1. The number of rotatable bonds is 7. The van der Waals surface area contributed by atoms with E-state index in [4.69, 9.17) is 4.74 Å². The summed E-state index contributed by atoms with van der Waals surface area (Å²) in [6.45, 7) is 9.17. The minimum absolute atomic E-state index is 0. The van der Waals surface area contributed by atoms with Crippen molar-refractivity contribution in [3.05, 3.63) is 11.6 Å². The lowest BCUT2D eigenvalue weighted by atomic mass is 9.45. The predicted octanol–water partition coefficient (Wildman–Crippen LogP) is 3.10. The maximum atomic E-state index is 13.3. The Morgan fingerprint density at radius 3 is 2.49 bits per heavy atom. The quantitative estimate of drug-likeness (QED) is 0.506. The summed E-state index contributed by atoms with van der Waals surface area (Å²) in [5.74, 6) is -0.411. The Balaban J connectivity index is 0.00000342. The molecule has 0 aromatic carbocycles. The Hall–Kier alpha value is -1.28. The number of fused-ring (bicyclic) bond motifs is 5. The molecule has 4 rings (SSSR count). The fourth-order valence-electron chi connectivity index (χ4n) is 8.09. The zero-order valence-corrected chi connectivity index (χ0v) is 22.4. The number of likely N-dealkylation sites (N-methyl/N-ethyl adjacent to an activating group) is 1. The van der Waals surface area contributed by atoms with Gasteiger partial charge in [0.05, 0.1) is 12.6 Å². The molecule has 0 aromatic rings. The maximum Gasteiger partial charge on any atom is 0.320 e. The van der Waals surface area contributed by atoms with Gasteiger partial charge in [-0.1, -0.05) is 33.3 Å². The van der Waals surface area contributed by atoms with Crippen LogP contribution in [-0.2, 0) is 19.1 Å². The molecule has 3 fully saturated rings. The lowest BCUT2D eigenvalue weighted by Crippen LogP contribution is -2.62. The number of halogens is 1. The number of aliphatic hydroxyl groups excluding tert-OH is 1. The Morgan fingerprint density at radius 2 is 1.83 bits per heavy atom. The van der Waals surface area contributed by atoms with Crippen LogP contribution in [0.3, 0.4) is 0 Å². The third-order valence-corrected chi connectivity index (χ3v) is 10.1. The average Bonchev–Trinajstić information content (AvgIpc) is 3.07.